The average molecular weight is 312 g/mol. The molecule has 0 aromatic heterocycles. The van der Waals surface area contributed by atoms with Gasteiger partial charge >= 0.3 is 0 Å². The van der Waals surface area contributed by atoms with Crippen molar-refractivity contribution in [2.45, 2.75) is 19.8 Å². The zero-order valence-corrected chi connectivity index (χ0v) is 11.7. The van der Waals surface area contributed by atoms with Crippen LogP contribution in [0.3, 0.4) is 0 Å². The van der Waals surface area contributed by atoms with Gasteiger partial charge in [0, 0.05) is 12.0 Å². The van der Waals surface area contributed by atoms with Crippen molar-refractivity contribution in [1.29, 1.82) is 5.26 Å². The second kappa shape index (κ2) is 7.72. The Bertz CT molecular complexity index is 454. The summed E-state index contributed by atoms with van der Waals surface area (Å²) in [7, 11) is 0. The van der Waals surface area contributed by atoms with Crippen molar-refractivity contribution in [2.24, 2.45) is 0 Å². The number of aldehydes is 1. The summed E-state index contributed by atoms with van der Waals surface area (Å²) in [6, 6.07) is 5.37. The number of unbranched alkanes of at least 4 members (excludes halogenated alkanes) is 1. The second-order valence-electron chi connectivity index (χ2n) is 3.49. The van der Waals surface area contributed by atoms with Gasteiger partial charge in [0.1, 0.15) is 6.29 Å². The van der Waals surface area contributed by atoms with Gasteiger partial charge in [0.2, 0.25) is 0 Å². The van der Waals surface area contributed by atoms with E-state index >= 15 is 0 Å². The van der Waals surface area contributed by atoms with Gasteiger partial charge < -0.3 is 9.47 Å². The molecule has 0 radical (unpaired) electrons. The molecule has 0 bridgehead atoms. The van der Waals surface area contributed by atoms with E-state index < -0.39 is 0 Å². The largest absolute Gasteiger partial charge is 0.490 e. The number of nitriles is 1. The summed E-state index contributed by atoms with van der Waals surface area (Å²) in [6.45, 7) is 2.79. The Morgan fingerprint density at radius 2 is 2.22 bits per heavy atom. The lowest BCUT2D eigenvalue weighted by atomic mass is 10.2. The Morgan fingerprint density at radius 1 is 1.44 bits per heavy atom. The molecule has 0 atom stereocenters. The summed E-state index contributed by atoms with van der Waals surface area (Å²) in [5, 5.41) is 8.45. The highest BCUT2D eigenvalue weighted by Gasteiger charge is 2.11. The van der Waals surface area contributed by atoms with Crippen LogP contribution in [0.15, 0.2) is 16.6 Å². The minimum Gasteiger partial charge on any atom is -0.490 e. The molecule has 0 aliphatic rings. The van der Waals surface area contributed by atoms with Crippen LogP contribution >= 0.6 is 15.9 Å². The summed E-state index contributed by atoms with van der Waals surface area (Å²) in [4.78, 5) is 10.8. The Morgan fingerprint density at radius 3 is 2.83 bits per heavy atom. The first-order chi connectivity index (χ1) is 8.72. The standard InChI is InChI=1S/C13H14BrNO3/c1-2-17-12-8-10(9-16)7-11(14)13(12)18-6-4-3-5-15/h7-9H,2-4,6H2,1H3. The number of nitrogens with zero attached hydrogens (tertiary/aromatic N) is 1. The third-order valence-electron chi connectivity index (χ3n) is 2.15. The fourth-order valence-electron chi connectivity index (χ4n) is 1.38. The molecular weight excluding hydrogens is 298 g/mol. The van der Waals surface area contributed by atoms with Gasteiger partial charge in [-0.25, -0.2) is 0 Å². The van der Waals surface area contributed by atoms with E-state index in [1.165, 1.54) is 0 Å². The highest BCUT2D eigenvalue weighted by Crippen LogP contribution is 2.36. The van der Waals surface area contributed by atoms with E-state index in [-0.39, 0.29) is 0 Å². The molecule has 1 rings (SSSR count). The number of benzene rings is 1. The maximum absolute atomic E-state index is 10.8. The molecule has 0 N–H and O–H groups in total. The summed E-state index contributed by atoms with van der Waals surface area (Å²) < 4.78 is 11.7. The van der Waals surface area contributed by atoms with Gasteiger partial charge in [-0.1, -0.05) is 0 Å². The van der Waals surface area contributed by atoms with Crippen LogP contribution in [0.5, 0.6) is 11.5 Å². The molecule has 0 aliphatic carbocycles. The van der Waals surface area contributed by atoms with Crippen LogP contribution in [0, 0.1) is 11.3 Å². The highest BCUT2D eigenvalue weighted by atomic mass is 79.9. The minimum atomic E-state index is 0.437. The molecule has 96 valence electrons. The molecule has 1 aromatic carbocycles. The van der Waals surface area contributed by atoms with Crippen LogP contribution in [0.25, 0.3) is 0 Å². The van der Waals surface area contributed by atoms with Crippen LogP contribution in [0.4, 0.5) is 0 Å². The van der Waals surface area contributed by atoms with E-state index in [1.807, 2.05) is 6.92 Å². The summed E-state index contributed by atoms with van der Waals surface area (Å²) >= 11 is 3.35. The lowest BCUT2D eigenvalue weighted by Crippen LogP contribution is -2.02. The lowest BCUT2D eigenvalue weighted by Gasteiger charge is -2.13. The molecular formula is C13H14BrNO3. The molecule has 0 unspecified atom stereocenters. The third-order valence-corrected chi connectivity index (χ3v) is 2.74. The average Bonchev–Trinajstić information content (AvgIpc) is 2.37. The smallest absolute Gasteiger partial charge is 0.175 e. The molecule has 0 aliphatic heterocycles. The van der Waals surface area contributed by atoms with Crippen molar-refractivity contribution in [3.8, 4) is 17.6 Å². The Hall–Kier alpha value is -1.54. The molecule has 5 heteroatoms. The number of hydrogen-bond acceptors (Lipinski definition) is 4. The van der Waals surface area contributed by atoms with E-state index in [2.05, 4.69) is 22.0 Å². The molecule has 1 aromatic rings. The zero-order valence-electron chi connectivity index (χ0n) is 10.1. The van der Waals surface area contributed by atoms with Crippen LogP contribution in [0.1, 0.15) is 30.1 Å². The third kappa shape index (κ3) is 4.04. The second-order valence-corrected chi connectivity index (χ2v) is 4.35. The Labute approximate surface area is 115 Å². The van der Waals surface area contributed by atoms with Crippen LogP contribution in [0.2, 0.25) is 0 Å². The Balaban J connectivity index is 2.86. The fraction of sp³-hybridized carbons (Fsp3) is 0.385. The van der Waals surface area contributed by atoms with Crippen molar-refractivity contribution in [3.63, 3.8) is 0 Å². The van der Waals surface area contributed by atoms with Crippen LogP contribution < -0.4 is 9.47 Å². The fourth-order valence-corrected chi connectivity index (χ4v) is 1.96. The topological polar surface area (TPSA) is 59.3 Å². The predicted molar refractivity (Wildman–Crippen MR) is 71.0 cm³/mol. The van der Waals surface area contributed by atoms with Crippen molar-refractivity contribution >= 4 is 22.2 Å². The maximum atomic E-state index is 10.8. The number of ether oxygens (including phenoxy) is 2. The maximum Gasteiger partial charge on any atom is 0.175 e. The lowest BCUT2D eigenvalue weighted by molar-refractivity contribution is 0.112. The number of hydrogen-bond donors (Lipinski definition) is 0. The normalized spacial score (nSPS) is 9.61. The highest BCUT2D eigenvalue weighted by molar-refractivity contribution is 9.10. The number of carbonyl (C=O) groups is 1. The zero-order chi connectivity index (χ0) is 13.4. The molecule has 0 saturated carbocycles. The number of halogens is 1. The number of rotatable bonds is 7. The van der Waals surface area contributed by atoms with Crippen molar-refractivity contribution in [2.75, 3.05) is 13.2 Å². The minimum absolute atomic E-state index is 0.437. The first kappa shape index (κ1) is 14.5. The molecule has 0 heterocycles. The van der Waals surface area contributed by atoms with Gasteiger partial charge in [-0.3, -0.25) is 4.79 Å². The van der Waals surface area contributed by atoms with E-state index in [4.69, 9.17) is 14.7 Å². The van der Waals surface area contributed by atoms with Crippen LogP contribution in [-0.4, -0.2) is 19.5 Å². The molecule has 18 heavy (non-hydrogen) atoms. The predicted octanol–water partition coefficient (Wildman–Crippen LogP) is 3.34. The quantitative estimate of drug-likeness (QED) is 0.572. The van der Waals surface area contributed by atoms with Gasteiger partial charge in [-0.15, -0.1) is 0 Å². The van der Waals surface area contributed by atoms with E-state index in [9.17, 15) is 4.79 Å². The summed E-state index contributed by atoms with van der Waals surface area (Å²) in [6.07, 6.45) is 1.87. The number of carbonyl (C=O) groups excluding carboxylic acids is 1. The SMILES string of the molecule is CCOc1cc(C=O)cc(Br)c1OCCCC#N. The molecule has 4 nitrogen and oxygen atoms in total. The van der Waals surface area contributed by atoms with Crippen molar-refractivity contribution in [3.05, 3.63) is 22.2 Å². The van der Waals surface area contributed by atoms with Crippen molar-refractivity contribution < 1.29 is 14.3 Å². The molecule has 0 saturated heterocycles. The molecule has 0 amide bonds. The van der Waals surface area contributed by atoms with Crippen LogP contribution in [-0.2, 0) is 0 Å². The van der Waals surface area contributed by atoms with E-state index in [1.54, 1.807) is 12.1 Å². The summed E-state index contributed by atoms with van der Waals surface area (Å²) in [5.74, 6) is 1.10. The first-order valence-corrected chi connectivity index (χ1v) is 6.43. The monoisotopic (exact) mass is 311 g/mol. The van der Waals surface area contributed by atoms with E-state index in [0.717, 1.165) is 6.29 Å². The van der Waals surface area contributed by atoms with Gasteiger partial charge in [-0.05, 0) is 41.4 Å². The van der Waals surface area contributed by atoms with Gasteiger partial charge in [-0.2, -0.15) is 5.26 Å². The van der Waals surface area contributed by atoms with Gasteiger partial charge in [0.25, 0.3) is 0 Å². The van der Waals surface area contributed by atoms with Gasteiger partial charge in [0.15, 0.2) is 11.5 Å². The first-order valence-electron chi connectivity index (χ1n) is 5.64. The Kier molecular flexibility index (Phi) is 6.23. The van der Waals surface area contributed by atoms with Gasteiger partial charge in [0.05, 0.1) is 23.8 Å². The summed E-state index contributed by atoms with van der Waals surface area (Å²) in [5.41, 5.74) is 0.523. The molecule has 0 spiro atoms. The molecule has 0 fully saturated rings. The van der Waals surface area contributed by atoms with E-state index in [0.29, 0.717) is 47.6 Å². The van der Waals surface area contributed by atoms with Crippen molar-refractivity contribution in [1.82, 2.24) is 0 Å².